The van der Waals surface area contributed by atoms with Crippen molar-refractivity contribution in [3.63, 3.8) is 0 Å². The number of likely N-dealkylation sites (tertiary alicyclic amines) is 2. The standard InChI is InChI=1S/C34H41N5O4S/c1-3-37-17-23-14-22(37)18-38(23)33(41)34-16-28(34)27-15-24(43-2)10-12-25(27)31-30(20-7-5-4-6-8-20)26-11-9-21(32(40)36-44(35)42)13-29(26)39(31)19-34/h9-13,15,20,22-23,28H,3-8,14,16-19,35H2,1-2H3,(H,36,40)/t22-,23-,28?,34?,44?/m1/s1. The summed E-state index contributed by atoms with van der Waals surface area (Å²) >= 11 is -1.96. The van der Waals surface area contributed by atoms with Crippen molar-refractivity contribution in [1.82, 2.24) is 19.1 Å². The summed E-state index contributed by atoms with van der Waals surface area (Å²) in [6.07, 6.45) is 7.79. The molecule has 2 amide bonds. The van der Waals surface area contributed by atoms with Gasteiger partial charge in [-0.1, -0.05) is 32.3 Å². The molecule has 1 aromatic heterocycles. The Morgan fingerprint density at radius 3 is 2.61 bits per heavy atom. The maximum absolute atomic E-state index is 14.8. The van der Waals surface area contributed by atoms with E-state index in [9.17, 15) is 13.8 Å². The highest BCUT2D eigenvalue weighted by Gasteiger charge is 2.65. The number of rotatable bonds is 6. The first-order valence-electron chi connectivity index (χ1n) is 16.2. The van der Waals surface area contributed by atoms with Crippen molar-refractivity contribution in [3.05, 3.63) is 53.1 Å². The predicted octanol–water partition coefficient (Wildman–Crippen LogP) is 4.42. The van der Waals surface area contributed by atoms with E-state index in [-0.39, 0.29) is 17.9 Å². The van der Waals surface area contributed by atoms with E-state index in [0.717, 1.165) is 62.0 Å². The maximum Gasteiger partial charge on any atom is 0.264 e. The fraction of sp³-hybridized carbons (Fsp3) is 0.529. The summed E-state index contributed by atoms with van der Waals surface area (Å²) in [6.45, 7) is 5.58. The van der Waals surface area contributed by atoms with Crippen LogP contribution in [0.25, 0.3) is 22.2 Å². The Balaban J connectivity index is 1.32. The highest BCUT2D eigenvalue weighted by molar-refractivity contribution is 7.81. The summed E-state index contributed by atoms with van der Waals surface area (Å²) in [6, 6.07) is 12.9. The number of carbonyl (C=O) groups excluding carboxylic acids is 2. The Labute approximate surface area is 260 Å². The number of fused-ring (bicyclic) bond motifs is 9. The van der Waals surface area contributed by atoms with Gasteiger partial charge in [0.25, 0.3) is 5.91 Å². The zero-order chi connectivity index (χ0) is 30.3. The van der Waals surface area contributed by atoms with Crippen molar-refractivity contribution in [3.8, 4) is 17.0 Å². The molecule has 3 aromatic rings. The number of piperazine rings is 1. The first-order valence-corrected chi connectivity index (χ1v) is 17.4. The molecule has 232 valence electrons. The lowest BCUT2D eigenvalue weighted by atomic mass is 9.81. The second-order valence-electron chi connectivity index (χ2n) is 13.6. The van der Waals surface area contributed by atoms with E-state index in [1.807, 2.05) is 18.2 Å². The van der Waals surface area contributed by atoms with Gasteiger partial charge in [0.15, 0.2) is 11.2 Å². The largest absolute Gasteiger partial charge is 0.497 e. The maximum atomic E-state index is 14.8. The van der Waals surface area contributed by atoms with Crippen LogP contribution in [0.15, 0.2) is 36.4 Å². The first kappa shape index (κ1) is 28.3. The third kappa shape index (κ3) is 4.20. The van der Waals surface area contributed by atoms with E-state index >= 15 is 0 Å². The van der Waals surface area contributed by atoms with Crippen molar-refractivity contribution in [2.75, 3.05) is 26.7 Å². The minimum absolute atomic E-state index is 0.113. The minimum Gasteiger partial charge on any atom is -0.497 e. The van der Waals surface area contributed by atoms with Gasteiger partial charge in [-0.2, -0.15) is 0 Å². The lowest BCUT2D eigenvalue weighted by Crippen LogP contribution is -2.51. The van der Waals surface area contributed by atoms with Crippen molar-refractivity contribution in [1.29, 1.82) is 0 Å². The Hall–Kier alpha value is -3.21. The molecule has 9 nitrogen and oxygen atoms in total. The predicted molar refractivity (Wildman–Crippen MR) is 170 cm³/mol. The number of hydrogen-bond acceptors (Lipinski definition) is 5. The van der Waals surface area contributed by atoms with E-state index in [4.69, 9.17) is 9.88 Å². The van der Waals surface area contributed by atoms with Crippen LogP contribution in [0, 0.1) is 5.41 Å². The van der Waals surface area contributed by atoms with Crippen LogP contribution in [0.3, 0.4) is 0 Å². The van der Waals surface area contributed by atoms with Crippen molar-refractivity contribution in [2.45, 2.75) is 82.3 Å². The minimum atomic E-state index is -1.96. The second-order valence-corrected chi connectivity index (χ2v) is 14.4. The molecule has 4 fully saturated rings. The highest BCUT2D eigenvalue weighted by atomic mass is 32.2. The second kappa shape index (κ2) is 10.4. The van der Waals surface area contributed by atoms with E-state index in [2.05, 4.69) is 44.2 Å². The van der Waals surface area contributed by atoms with Gasteiger partial charge >= 0.3 is 0 Å². The molecular formula is C34H41N5O4S. The molecule has 0 radical (unpaired) electrons. The average molecular weight is 616 g/mol. The molecule has 2 saturated carbocycles. The number of carbonyl (C=O) groups is 2. The number of amides is 2. The van der Waals surface area contributed by atoms with Gasteiger partial charge in [-0.25, -0.2) is 9.35 Å². The van der Waals surface area contributed by atoms with Gasteiger partial charge in [-0.15, -0.1) is 0 Å². The third-order valence-electron chi connectivity index (χ3n) is 11.4. The van der Waals surface area contributed by atoms with Gasteiger partial charge < -0.3 is 14.2 Å². The fourth-order valence-corrected chi connectivity index (χ4v) is 9.54. The zero-order valence-corrected chi connectivity index (χ0v) is 26.3. The van der Waals surface area contributed by atoms with Crippen molar-refractivity contribution in [2.24, 2.45) is 10.6 Å². The number of nitrogens with two attached hydrogens (primary N) is 1. The number of nitrogens with one attached hydrogen (secondary N) is 1. The Morgan fingerprint density at radius 1 is 1.09 bits per heavy atom. The molecule has 8 rings (SSSR count). The van der Waals surface area contributed by atoms with E-state index < -0.39 is 22.5 Å². The number of likely N-dealkylation sites (N-methyl/N-ethyl adjacent to an activating group) is 1. The van der Waals surface area contributed by atoms with Gasteiger partial charge in [0.2, 0.25) is 5.91 Å². The van der Waals surface area contributed by atoms with Crippen molar-refractivity contribution < 1.29 is 18.5 Å². The summed E-state index contributed by atoms with van der Waals surface area (Å²) in [7, 11) is 1.70. The van der Waals surface area contributed by atoms with E-state index in [1.54, 1.807) is 7.11 Å². The Morgan fingerprint density at radius 2 is 1.91 bits per heavy atom. The van der Waals surface area contributed by atoms with E-state index in [0.29, 0.717) is 24.1 Å². The van der Waals surface area contributed by atoms with Crippen LogP contribution < -0.4 is 14.6 Å². The van der Waals surface area contributed by atoms with Crippen LogP contribution >= 0.6 is 0 Å². The van der Waals surface area contributed by atoms with Gasteiger partial charge in [-0.05, 0) is 79.6 Å². The lowest BCUT2D eigenvalue weighted by Gasteiger charge is -2.36. The molecule has 2 aliphatic carbocycles. The molecule has 5 atom stereocenters. The molecule has 4 heterocycles. The molecule has 0 spiro atoms. The monoisotopic (exact) mass is 615 g/mol. The van der Waals surface area contributed by atoms with Crippen molar-refractivity contribution >= 4 is 33.9 Å². The zero-order valence-electron chi connectivity index (χ0n) is 25.5. The molecule has 3 unspecified atom stereocenters. The molecule has 10 heteroatoms. The molecule has 5 aliphatic rings. The van der Waals surface area contributed by atoms with Gasteiger partial charge in [0.05, 0.1) is 18.2 Å². The molecular weight excluding hydrogens is 574 g/mol. The van der Waals surface area contributed by atoms with Crippen LogP contribution in [-0.2, 0) is 22.5 Å². The summed E-state index contributed by atoms with van der Waals surface area (Å²) in [5.74, 6) is 1.14. The molecule has 2 bridgehead atoms. The quantitative estimate of drug-likeness (QED) is 0.427. The Bertz CT molecular complexity index is 1710. The third-order valence-corrected chi connectivity index (χ3v) is 11.8. The number of hydrogen-bond donors (Lipinski definition) is 2. The van der Waals surface area contributed by atoms with Crippen LogP contribution in [0.4, 0.5) is 0 Å². The number of benzene rings is 2. The summed E-state index contributed by atoms with van der Waals surface area (Å²) in [5.41, 5.74) is 5.72. The topological polar surface area (TPSA) is 110 Å². The van der Waals surface area contributed by atoms with E-state index in [1.165, 1.54) is 41.6 Å². The summed E-state index contributed by atoms with van der Waals surface area (Å²) in [4.78, 5) is 32.5. The number of ether oxygens (including phenoxy) is 1. The highest BCUT2D eigenvalue weighted by Crippen LogP contribution is 2.66. The van der Waals surface area contributed by atoms with Gasteiger partial charge in [0.1, 0.15) is 5.75 Å². The Kier molecular flexibility index (Phi) is 6.70. The van der Waals surface area contributed by atoms with Crippen LogP contribution in [-0.4, -0.2) is 69.2 Å². The smallest absolute Gasteiger partial charge is 0.264 e. The van der Waals surface area contributed by atoms with Gasteiger partial charge in [-0.3, -0.25) is 19.2 Å². The SMILES string of the molecule is CCN1C[C@H]2C[C@@H]1CN2C(=O)C12CC1c1cc(OC)ccc1-c1c(C3CCCCC3)c3ccc(C(=O)NS(N)=O)cc3n1C2. The van der Waals surface area contributed by atoms with Crippen LogP contribution in [0.5, 0.6) is 5.75 Å². The molecule has 2 aromatic carbocycles. The van der Waals surface area contributed by atoms with Gasteiger partial charge in [0, 0.05) is 59.7 Å². The molecule has 44 heavy (non-hydrogen) atoms. The number of methoxy groups -OCH3 is 1. The summed E-state index contributed by atoms with van der Waals surface area (Å²) < 4.78 is 22.1. The number of nitrogens with zero attached hydrogens (tertiary/aromatic N) is 3. The van der Waals surface area contributed by atoms with Crippen LogP contribution in [0.1, 0.15) is 85.2 Å². The normalized spacial score (nSPS) is 28.2. The molecule has 2 saturated heterocycles. The first-order chi connectivity index (χ1) is 21.3. The number of aromatic nitrogens is 1. The fourth-order valence-electron chi connectivity index (χ4n) is 9.24. The summed E-state index contributed by atoms with van der Waals surface area (Å²) in [5, 5.41) is 6.55. The van der Waals surface area contributed by atoms with Crippen LogP contribution in [0.2, 0.25) is 0 Å². The average Bonchev–Trinajstić information content (AvgIpc) is 3.28. The molecule has 3 N–H and O–H groups in total. The molecule has 3 aliphatic heterocycles. The lowest BCUT2D eigenvalue weighted by molar-refractivity contribution is -0.140.